The maximum Gasteiger partial charge on any atom is 0.472 e. The third kappa shape index (κ3) is 58.8. The van der Waals surface area contributed by atoms with E-state index in [2.05, 4.69) is 130 Å². The molecule has 458 valence electrons. The van der Waals surface area contributed by atoms with Gasteiger partial charge < -0.3 is 24.2 Å². The topological polar surface area (TPSA) is 155 Å². The number of phosphoric ester groups is 1. The first kappa shape index (κ1) is 76.1. The van der Waals surface area contributed by atoms with Gasteiger partial charge in [-0.15, -0.1) is 0 Å². The fraction of sp³-hybridized carbons (Fsp3) is 0.691. The summed E-state index contributed by atoms with van der Waals surface area (Å²) in [5, 5.41) is 9.84. The van der Waals surface area contributed by atoms with Crippen LogP contribution in [0.5, 0.6) is 0 Å². The van der Waals surface area contributed by atoms with Crippen LogP contribution in [0.15, 0.2) is 109 Å². The third-order valence-electron chi connectivity index (χ3n) is 13.1. The molecule has 0 radical (unpaired) electrons. The van der Waals surface area contributed by atoms with Gasteiger partial charge in [-0.05, 0) is 128 Å². The summed E-state index contributed by atoms with van der Waals surface area (Å²) in [6.07, 6.45) is 74.6. The van der Waals surface area contributed by atoms with Crippen molar-refractivity contribution in [2.75, 3.05) is 26.4 Å². The van der Waals surface area contributed by atoms with Crippen LogP contribution in [0, 0.1) is 0 Å². The number of unbranched alkanes of at least 4 members (excludes halogenated alkanes) is 23. The fourth-order valence-corrected chi connectivity index (χ4v) is 9.11. The van der Waals surface area contributed by atoms with Gasteiger partial charge in [0.2, 0.25) is 0 Å². The van der Waals surface area contributed by atoms with Crippen molar-refractivity contribution in [1.82, 2.24) is 0 Å². The number of hydrogen-bond acceptors (Lipinski definition) is 10. The quantitative estimate of drug-likeness (QED) is 0.0197. The molecule has 0 saturated carbocycles. The van der Waals surface area contributed by atoms with Crippen molar-refractivity contribution >= 4 is 25.7 Å². The number of rotatable bonds is 58. The molecule has 0 aliphatic rings. The van der Waals surface area contributed by atoms with E-state index in [4.69, 9.17) is 23.3 Å². The molecule has 11 nitrogen and oxygen atoms in total. The van der Waals surface area contributed by atoms with E-state index in [-0.39, 0.29) is 25.9 Å². The number of aliphatic hydroxyl groups is 1. The maximum absolute atomic E-state index is 13.0. The molecule has 0 amide bonds. The summed E-state index contributed by atoms with van der Waals surface area (Å²) >= 11 is 0. The van der Waals surface area contributed by atoms with Gasteiger partial charge >= 0.3 is 25.7 Å². The molecule has 3 unspecified atom stereocenters. The standard InChI is InChI=1S/C68H115O11P/c1-4-7-10-13-16-19-22-25-28-30-32-34-37-39-42-45-48-51-54-57-66(70)75-61-65(79-68(72)59-56-53-50-47-44-41-38-35-33-31-29-26-23-20-17-14-11-8-5-2)63-77-80(73,74)76-62-64(60-69)78-67(71)58-55-52-49-46-43-40-36-27-24-21-18-15-12-9-6-3/h9,12,16-21,25-29,32-36,64-65,69H,4-8,10-11,13-15,22-24,30-31,37-63H2,1-3H3,(H,73,74)/b12-9-,19-16-,20-17-,21-18-,28-25-,29-26-,34-32-,35-33-,36-27-. The Morgan fingerprint density at radius 3 is 1.00 bits per heavy atom. The lowest BCUT2D eigenvalue weighted by atomic mass is 10.1. The van der Waals surface area contributed by atoms with E-state index in [0.717, 1.165) is 154 Å². The summed E-state index contributed by atoms with van der Waals surface area (Å²) in [6, 6.07) is 0. The van der Waals surface area contributed by atoms with Crippen molar-refractivity contribution in [2.45, 2.75) is 277 Å². The highest BCUT2D eigenvalue weighted by Gasteiger charge is 2.28. The molecule has 3 atom stereocenters. The smallest absolute Gasteiger partial charge is 0.462 e. The van der Waals surface area contributed by atoms with Crippen LogP contribution in [0.25, 0.3) is 0 Å². The predicted octanol–water partition coefficient (Wildman–Crippen LogP) is 19.4. The van der Waals surface area contributed by atoms with Gasteiger partial charge in [-0.1, -0.05) is 226 Å². The number of ether oxygens (including phenoxy) is 3. The second kappa shape index (κ2) is 61.2. The number of carbonyl (C=O) groups excluding carboxylic acids is 3. The van der Waals surface area contributed by atoms with E-state index in [9.17, 15) is 28.9 Å². The van der Waals surface area contributed by atoms with Gasteiger partial charge in [-0.25, -0.2) is 4.57 Å². The molecule has 0 spiro atoms. The third-order valence-corrected chi connectivity index (χ3v) is 14.1. The van der Waals surface area contributed by atoms with Crippen molar-refractivity contribution in [2.24, 2.45) is 0 Å². The molecule has 12 heteroatoms. The number of phosphoric acid groups is 1. The highest BCUT2D eigenvalue weighted by molar-refractivity contribution is 7.47. The molecule has 0 bridgehead atoms. The van der Waals surface area contributed by atoms with Crippen molar-refractivity contribution in [3.63, 3.8) is 0 Å². The molecular formula is C68H115O11P. The van der Waals surface area contributed by atoms with Crippen LogP contribution in [-0.2, 0) is 42.2 Å². The molecule has 2 N–H and O–H groups in total. The number of esters is 3. The second-order valence-electron chi connectivity index (χ2n) is 20.8. The van der Waals surface area contributed by atoms with Crippen LogP contribution >= 0.6 is 7.82 Å². The highest BCUT2D eigenvalue weighted by atomic mass is 31.2. The second-order valence-corrected chi connectivity index (χ2v) is 22.3. The summed E-state index contributed by atoms with van der Waals surface area (Å²) < 4.78 is 39.6. The average molecular weight is 1140 g/mol. The maximum atomic E-state index is 13.0. The minimum atomic E-state index is -4.77. The van der Waals surface area contributed by atoms with Crippen LogP contribution in [-0.4, -0.2) is 66.5 Å². The molecular weight excluding hydrogens is 1020 g/mol. The van der Waals surface area contributed by atoms with Gasteiger partial charge in [0.15, 0.2) is 6.10 Å². The van der Waals surface area contributed by atoms with Crippen LogP contribution in [0.2, 0.25) is 0 Å². The molecule has 0 aliphatic carbocycles. The predicted molar refractivity (Wildman–Crippen MR) is 334 cm³/mol. The Kier molecular flexibility index (Phi) is 58.3. The van der Waals surface area contributed by atoms with Crippen LogP contribution in [0.3, 0.4) is 0 Å². The van der Waals surface area contributed by atoms with Gasteiger partial charge in [-0.3, -0.25) is 23.4 Å². The fourth-order valence-electron chi connectivity index (χ4n) is 8.33. The zero-order chi connectivity index (χ0) is 58.3. The van der Waals surface area contributed by atoms with E-state index in [1.54, 1.807) is 0 Å². The summed E-state index contributed by atoms with van der Waals surface area (Å²) in [5.41, 5.74) is 0. The molecule has 0 heterocycles. The van der Waals surface area contributed by atoms with Gasteiger partial charge in [0.25, 0.3) is 0 Å². The first-order chi connectivity index (χ1) is 39.2. The Balaban J connectivity index is 4.79. The van der Waals surface area contributed by atoms with Gasteiger partial charge in [-0.2, -0.15) is 0 Å². The molecule has 0 aromatic carbocycles. The number of carbonyl (C=O) groups is 3. The average Bonchev–Trinajstić information content (AvgIpc) is 3.45. The summed E-state index contributed by atoms with van der Waals surface area (Å²) in [6.45, 7) is 4.44. The first-order valence-electron chi connectivity index (χ1n) is 31.8. The number of hydrogen-bond donors (Lipinski definition) is 2. The van der Waals surface area contributed by atoms with Gasteiger partial charge in [0.05, 0.1) is 19.8 Å². The van der Waals surface area contributed by atoms with Crippen LogP contribution < -0.4 is 0 Å². The van der Waals surface area contributed by atoms with E-state index in [0.29, 0.717) is 19.3 Å². The minimum Gasteiger partial charge on any atom is -0.462 e. The summed E-state index contributed by atoms with van der Waals surface area (Å²) in [5.74, 6) is -1.51. The molecule has 0 saturated heterocycles. The molecule has 0 aliphatic heterocycles. The van der Waals surface area contributed by atoms with Crippen LogP contribution in [0.4, 0.5) is 0 Å². The molecule has 0 aromatic heterocycles. The van der Waals surface area contributed by atoms with E-state index < -0.39 is 57.8 Å². The highest BCUT2D eigenvalue weighted by Crippen LogP contribution is 2.43. The Bertz CT molecular complexity index is 1760. The molecule has 80 heavy (non-hydrogen) atoms. The minimum absolute atomic E-state index is 0.144. The van der Waals surface area contributed by atoms with Crippen molar-refractivity contribution in [3.05, 3.63) is 109 Å². The Morgan fingerprint density at radius 2 is 0.650 bits per heavy atom. The number of aliphatic hydroxyl groups excluding tert-OH is 1. The SMILES string of the molecule is CC/C=C\C/C=C\C/C=C\CCCCCCCC(=O)OC(CO)COP(=O)(O)OCC(COC(=O)CCCCCCCC/C=C\C/C=C\C/C=C\CCCCC)OC(=O)CCCCCCCC/C=C\C/C=C\C/C=C\CCCCC. The molecule has 0 aromatic rings. The Labute approximate surface area is 488 Å². The molecule has 0 rings (SSSR count). The monoisotopic (exact) mass is 1140 g/mol. The van der Waals surface area contributed by atoms with Crippen molar-refractivity contribution < 1.29 is 52.2 Å². The lowest BCUT2D eigenvalue weighted by Crippen LogP contribution is -2.30. The van der Waals surface area contributed by atoms with Gasteiger partial charge in [0.1, 0.15) is 12.7 Å². The van der Waals surface area contributed by atoms with Crippen LogP contribution in [0.1, 0.15) is 265 Å². The Hall–Kier alpha value is -3.86. The largest absolute Gasteiger partial charge is 0.472 e. The lowest BCUT2D eigenvalue weighted by Gasteiger charge is -2.21. The summed E-state index contributed by atoms with van der Waals surface area (Å²) in [7, 11) is -4.77. The zero-order valence-electron chi connectivity index (χ0n) is 50.8. The first-order valence-corrected chi connectivity index (χ1v) is 33.3. The number of allylic oxidation sites excluding steroid dienone is 18. The van der Waals surface area contributed by atoms with Crippen molar-refractivity contribution in [1.29, 1.82) is 0 Å². The van der Waals surface area contributed by atoms with E-state index in [1.807, 2.05) is 0 Å². The zero-order valence-corrected chi connectivity index (χ0v) is 51.7. The lowest BCUT2D eigenvalue weighted by molar-refractivity contribution is -0.161. The van der Waals surface area contributed by atoms with Crippen molar-refractivity contribution in [3.8, 4) is 0 Å². The van der Waals surface area contributed by atoms with Gasteiger partial charge in [0, 0.05) is 19.3 Å². The normalized spacial score (nSPS) is 14.0. The van der Waals surface area contributed by atoms with E-state index in [1.165, 1.54) is 51.4 Å². The molecule has 0 fully saturated rings. The summed E-state index contributed by atoms with van der Waals surface area (Å²) in [4.78, 5) is 48.7. The Morgan fingerprint density at radius 1 is 0.362 bits per heavy atom. The van der Waals surface area contributed by atoms with E-state index >= 15 is 0 Å².